The van der Waals surface area contributed by atoms with Crippen LogP contribution in [0.4, 0.5) is 0 Å². The summed E-state index contributed by atoms with van der Waals surface area (Å²) in [5.74, 6) is 1.52. The van der Waals surface area contributed by atoms with Crippen LogP contribution in [0, 0.1) is 0 Å². The van der Waals surface area contributed by atoms with Crippen molar-refractivity contribution in [3.63, 3.8) is 0 Å². The minimum absolute atomic E-state index is 0.0387. The molecular formula is C11H16N4O3. The van der Waals surface area contributed by atoms with Crippen molar-refractivity contribution >= 4 is 0 Å². The molecule has 0 saturated heterocycles. The van der Waals surface area contributed by atoms with E-state index in [0.717, 1.165) is 6.42 Å². The molecule has 1 unspecified atom stereocenters. The Morgan fingerprint density at radius 1 is 1.39 bits per heavy atom. The molecule has 0 fully saturated rings. The van der Waals surface area contributed by atoms with Gasteiger partial charge in [0, 0.05) is 25.6 Å². The van der Waals surface area contributed by atoms with Crippen LogP contribution in [0.25, 0.3) is 11.6 Å². The van der Waals surface area contributed by atoms with Crippen molar-refractivity contribution in [2.24, 2.45) is 5.73 Å². The average Bonchev–Trinajstić information content (AvgIpc) is 2.98. The summed E-state index contributed by atoms with van der Waals surface area (Å²) in [6, 6.07) is 1.75. The Labute approximate surface area is 104 Å². The summed E-state index contributed by atoms with van der Waals surface area (Å²) in [6.45, 7) is 2.37. The number of hydrogen-bond donors (Lipinski definition) is 1. The van der Waals surface area contributed by atoms with Crippen molar-refractivity contribution in [3.8, 4) is 11.6 Å². The van der Waals surface area contributed by atoms with Gasteiger partial charge in [0.2, 0.25) is 0 Å². The van der Waals surface area contributed by atoms with Crippen LogP contribution in [-0.4, -0.2) is 28.4 Å². The number of nitrogens with two attached hydrogens (primary N) is 1. The van der Waals surface area contributed by atoms with Crippen LogP contribution in [-0.2, 0) is 17.8 Å². The van der Waals surface area contributed by atoms with E-state index >= 15 is 0 Å². The molecule has 7 nitrogen and oxygen atoms in total. The molecule has 0 aliphatic heterocycles. The van der Waals surface area contributed by atoms with Crippen LogP contribution in [0.1, 0.15) is 24.9 Å². The van der Waals surface area contributed by atoms with E-state index in [-0.39, 0.29) is 6.04 Å². The molecule has 2 aromatic heterocycles. The smallest absolute Gasteiger partial charge is 0.280 e. The van der Waals surface area contributed by atoms with Crippen LogP contribution in [0.15, 0.2) is 15.1 Å². The third-order valence-corrected chi connectivity index (χ3v) is 2.50. The molecule has 1 atom stereocenters. The largest absolute Gasteiger partial charge is 0.377 e. The highest BCUT2D eigenvalue weighted by molar-refractivity contribution is 5.45. The first-order chi connectivity index (χ1) is 8.72. The number of rotatable bonds is 6. The fourth-order valence-corrected chi connectivity index (χ4v) is 1.44. The molecule has 18 heavy (non-hydrogen) atoms. The summed E-state index contributed by atoms with van der Waals surface area (Å²) in [6.07, 6.45) is 1.45. The van der Waals surface area contributed by atoms with Gasteiger partial charge in [0.05, 0.1) is 0 Å². The zero-order valence-corrected chi connectivity index (χ0v) is 10.4. The standard InChI is InChI=1S/C11H16N4O3/c1-3-7(12)4-10-13-11(18-15-10)9-5-8(6-16-2)17-14-9/h5,7H,3-4,6,12H2,1-2H3. The first-order valence-electron chi connectivity index (χ1n) is 5.76. The van der Waals surface area contributed by atoms with Gasteiger partial charge in [-0.05, 0) is 6.42 Å². The van der Waals surface area contributed by atoms with Gasteiger partial charge in [-0.25, -0.2) is 0 Å². The summed E-state index contributed by atoms with van der Waals surface area (Å²) >= 11 is 0. The molecule has 0 amide bonds. The van der Waals surface area contributed by atoms with Gasteiger partial charge in [-0.2, -0.15) is 4.98 Å². The minimum atomic E-state index is 0.0387. The Morgan fingerprint density at radius 3 is 2.94 bits per heavy atom. The highest BCUT2D eigenvalue weighted by Crippen LogP contribution is 2.17. The summed E-state index contributed by atoms with van der Waals surface area (Å²) in [7, 11) is 1.58. The molecule has 2 heterocycles. The highest BCUT2D eigenvalue weighted by Gasteiger charge is 2.15. The fraction of sp³-hybridized carbons (Fsp3) is 0.545. The molecular weight excluding hydrogens is 236 g/mol. The van der Waals surface area contributed by atoms with Gasteiger partial charge in [-0.15, -0.1) is 0 Å². The van der Waals surface area contributed by atoms with Gasteiger partial charge >= 0.3 is 0 Å². The van der Waals surface area contributed by atoms with E-state index in [1.165, 1.54) is 0 Å². The third-order valence-electron chi connectivity index (χ3n) is 2.50. The van der Waals surface area contributed by atoms with E-state index in [9.17, 15) is 0 Å². The molecule has 2 aromatic rings. The van der Waals surface area contributed by atoms with E-state index in [4.69, 9.17) is 19.5 Å². The van der Waals surface area contributed by atoms with Crippen molar-refractivity contribution in [2.45, 2.75) is 32.4 Å². The molecule has 98 valence electrons. The van der Waals surface area contributed by atoms with E-state index in [0.29, 0.717) is 36.2 Å². The van der Waals surface area contributed by atoms with Crippen LogP contribution in [0.5, 0.6) is 0 Å². The van der Waals surface area contributed by atoms with Gasteiger partial charge in [0.1, 0.15) is 6.61 Å². The lowest BCUT2D eigenvalue weighted by atomic mass is 10.2. The molecule has 0 saturated carbocycles. The van der Waals surface area contributed by atoms with Gasteiger partial charge < -0.3 is 19.5 Å². The van der Waals surface area contributed by atoms with E-state index in [2.05, 4.69) is 15.3 Å². The van der Waals surface area contributed by atoms with Crippen molar-refractivity contribution in [1.82, 2.24) is 15.3 Å². The van der Waals surface area contributed by atoms with Crippen LogP contribution >= 0.6 is 0 Å². The highest BCUT2D eigenvalue weighted by atomic mass is 16.5. The van der Waals surface area contributed by atoms with Gasteiger partial charge in [-0.1, -0.05) is 17.2 Å². The fourth-order valence-electron chi connectivity index (χ4n) is 1.44. The maximum absolute atomic E-state index is 5.82. The lowest BCUT2D eigenvalue weighted by Gasteiger charge is -2.02. The number of aromatic nitrogens is 3. The molecule has 0 aliphatic rings. The first-order valence-corrected chi connectivity index (χ1v) is 5.76. The van der Waals surface area contributed by atoms with Gasteiger partial charge in [-0.3, -0.25) is 0 Å². The predicted molar refractivity (Wildman–Crippen MR) is 62.5 cm³/mol. The molecule has 2 N–H and O–H groups in total. The molecule has 0 radical (unpaired) electrons. The zero-order chi connectivity index (χ0) is 13.0. The van der Waals surface area contributed by atoms with Gasteiger partial charge in [0.15, 0.2) is 17.3 Å². The van der Waals surface area contributed by atoms with Gasteiger partial charge in [0.25, 0.3) is 5.89 Å². The number of hydrogen-bond acceptors (Lipinski definition) is 7. The molecule has 7 heteroatoms. The minimum Gasteiger partial charge on any atom is -0.377 e. The Bertz CT molecular complexity index is 494. The zero-order valence-electron chi connectivity index (χ0n) is 10.4. The maximum Gasteiger partial charge on any atom is 0.280 e. The van der Waals surface area contributed by atoms with Crippen molar-refractivity contribution in [2.75, 3.05) is 7.11 Å². The second-order valence-corrected chi connectivity index (χ2v) is 4.00. The Kier molecular flexibility index (Phi) is 4.06. The van der Waals surface area contributed by atoms with Crippen molar-refractivity contribution in [1.29, 1.82) is 0 Å². The number of ether oxygens (including phenoxy) is 1. The summed E-state index contributed by atoms with van der Waals surface area (Å²) in [4.78, 5) is 4.22. The maximum atomic E-state index is 5.82. The quantitative estimate of drug-likeness (QED) is 0.822. The molecule has 0 bridgehead atoms. The number of methoxy groups -OCH3 is 1. The first kappa shape index (κ1) is 12.7. The Hall–Kier alpha value is -1.73. The van der Waals surface area contributed by atoms with E-state index in [1.807, 2.05) is 6.92 Å². The monoisotopic (exact) mass is 252 g/mol. The van der Waals surface area contributed by atoms with Crippen LogP contribution in [0.2, 0.25) is 0 Å². The third kappa shape index (κ3) is 2.93. The van der Waals surface area contributed by atoms with Crippen molar-refractivity contribution < 1.29 is 13.8 Å². The second-order valence-electron chi connectivity index (χ2n) is 4.00. The lowest BCUT2D eigenvalue weighted by molar-refractivity contribution is 0.156. The SMILES string of the molecule is CCC(N)Cc1noc(-c2cc(COC)on2)n1. The predicted octanol–water partition coefficient (Wildman–Crippen LogP) is 1.15. The second kappa shape index (κ2) is 5.74. The summed E-state index contributed by atoms with van der Waals surface area (Å²) in [5.41, 5.74) is 6.33. The van der Waals surface area contributed by atoms with Crippen LogP contribution in [0.3, 0.4) is 0 Å². The van der Waals surface area contributed by atoms with E-state index < -0.39 is 0 Å². The average molecular weight is 252 g/mol. The number of nitrogens with zero attached hydrogens (tertiary/aromatic N) is 3. The summed E-state index contributed by atoms with van der Waals surface area (Å²) < 4.78 is 15.1. The molecule has 0 spiro atoms. The Morgan fingerprint density at radius 2 is 2.22 bits per heavy atom. The van der Waals surface area contributed by atoms with E-state index in [1.54, 1.807) is 13.2 Å². The topological polar surface area (TPSA) is 100 Å². The van der Waals surface area contributed by atoms with Crippen molar-refractivity contribution in [3.05, 3.63) is 17.7 Å². The lowest BCUT2D eigenvalue weighted by Crippen LogP contribution is -2.21. The Balaban J connectivity index is 2.08. The van der Waals surface area contributed by atoms with Crippen LogP contribution < -0.4 is 5.73 Å². The summed E-state index contributed by atoms with van der Waals surface area (Å²) in [5, 5.41) is 7.69. The normalized spacial score (nSPS) is 12.8. The molecule has 0 aliphatic carbocycles. The molecule has 2 rings (SSSR count). The molecule has 0 aromatic carbocycles.